The van der Waals surface area contributed by atoms with Crippen LogP contribution >= 0.6 is 11.3 Å². The number of hydrogen-bond acceptors (Lipinski definition) is 6. The molecule has 0 amide bonds. The number of aliphatic hydroxyl groups excluding tert-OH is 3. The van der Waals surface area contributed by atoms with Gasteiger partial charge in [0.1, 0.15) is 6.61 Å². The summed E-state index contributed by atoms with van der Waals surface area (Å²) in [4.78, 5) is 13.8. The van der Waals surface area contributed by atoms with Gasteiger partial charge in [0.15, 0.2) is 5.78 Å². The molecule has 1 aliphatic rings. The monoisotopic (exact) mass is 436 g/mol. The van der Waals surface area contributed by atoms with E-state index in [1.165, 1.54) is 9.75 Å². The number of methoxy groups -OCH3 is 1. The predicted octanol–water partition coefficient (Wildman–Crippen LogP) is 3.60. The number of unbranched alkanes of at least 4 members (excludes halogenated alkanes) is 1. The van der Waals surface area contributed by atoms with E-state index in [-0.39, 0.29) is 30.3 Å². The lowest BCUT2D eigenvalue weighted by Crippen LogP contribution is -2.20. The molecule has 0 bridgehead atoms. The number of carbonyl (C=O) groups is 1. The first-order chi connectivity index (χ1) is 14.4. The van der Waals surface area contributed by atoms with Crippen LogP contribution in [0.4, 0.5) is 0 Å². The van der Waals surface area contributed by atoms with Crippen LogP contribution in [0.15, 0.2) is 36.4 Å². The molecule has 1 aliphatic carbocycles. The van der Waals surface area contributed by atoms with Crippen molar-refractivity contribution in [2.45, 2.75) is 70.2 Å². The lowest BCUT2D eigenvalue weighted by molar-refractivity contribution is -0.121. The summed E-state index contributed by atoms with van der Waals surface area (Å²) in [5.74, 6) is -0.254. The van der Waals surface area contributed by atoms with Crippen LogP contribution in [0.3, 0.4) is 0 Å². The summed E-state index contributed by atoms with van der Waals surface area (Å²) in [5.41, 5.74) is 0. The maximum atomic E-state index is 11.1. The van der Waals surface area contributed by atoms with Crippen molar-refractivity contribution in [1.82, 2.24) is 0 Å². The Bertz CT molecular complexity index is 696. The van der Waals surface area contributed by atoms with Crippen LogP contribution in [-0.2, 0) is 16.0 Å². The summed E-state index contributed by atoms with van der Waals surface area (Å²) in [6.45, 7) is 1.72. The van der Waals surface area contributed by atoms with E-state index in [0.717, 1.165) is 19.3 Å². The van der Waals surface area contributed by atoms with Gasteiger partial charge in [-0.2, -0.15) is 0 Å². The SMILES string of the molecule is CO[C@H](C=C[C@@H]1[C@@H](CC=CCCCC(=O)CO)[C@@H](O)C[C@H]1O)CCc1ccc(C)s1. The molecule has 1 heterocycles. The summed E-state index contributed by atoms with van der Waals surface area (Å²) in [5, 5.41) is 29.5. The molecule has 1 fully saturated rings. The Kier molecular flexibility index (Phi) is 11.0. The van der Waals surface area contributed by atoms with E-state index in [9.17, 15) is 15.0 Å². The van der Waals surface area contributed by atoms with Crippen molar-refractivity contribution in [2.24, 2.45) is 11.8 Å². The van der Waals surface area contributed by atoms with Crippen molar-refractivity contribution in [1.29, 1.82) is 0 Å². The molecule has 30 heavy (non-hydrogen) atoms. The van der Waals surface area contributed by atoms with E-state index < -0.39 is 12.2 Å². The number of ketones is 1. The molecule has 5 atom stereocenters. The molecular weight excluding hydrogens is 400 g/mol. The fraction of sp³-hybridized carbons (Fsp3) is 0.625. The van der Waals surface area contributed by atoms with Gasteiger partial charge in [0.2, 0.25) is 0 Å². The van der Waals surface area contributed by atoms with Gasteiger partial charge in [0.05, 0.1) is 18.3 Å². The smallest absolute Gasteiger partial charge is 0.158 e. The third-order valence-corrected chi connectivity index (χ3v) is 6.88. The molecule has 1 aromatic rings. The van der Waals surface area contributed by atoms with Crippen LogP contribution < -0.4 is 0 Å². The third-order valence-electron chi connectivity index (χ3n) is 5.82. The number of aryl methyl sites for hydroxylation is 2. The molecule has 0 aromatic carbocycles. The first kappa shape index (κ1) is 25.0. The van der Waals surface area contributed by atoms with Gasteiger partial charge >= 0.3 is 0 Å². The largest absolute Gasteiger partial charge is 0.393 e. The molecule has 0 radical (unpaired) electrons. The number of ether oxygens (including phenoxy) is 1. The number of hydrogen-bond donors (Lipinski definition) is 3. The number of rotatable bonds is 13. The van der Waals surface area contributed by atoms with E-state index in [2.05, 4.69) is 19.1 Å². The van der Waals surface area contributed by atoms with Crippen molar-refractivity contribution in [3.05, 3.63) is 46.2 Å². The third kappa shape index (κ3) is 8.08. The number of carbonyl (C=O) groups excluding carboxylic acids is 1. The average Bonchev–Trinajstić information content (AvgIpc) is 3.26. The van der Waals surface area contributed by atoms with Gasteiger partial charge in [0, 0.05) is 35.6 Å². The Morgan fingerprint density at radius 3 is 2.77 bits per heavy atom. The number of Topliss-reactive ketones (excluding diaryl/α,β-unsaturated/α-hetero) is 1. The Balaban J connectivity index is 1.85. The maximum absolute atomic E-state index is 11.1. The highest BCUT2D eigenvalue weighted by Crippen LogP contribution is 2.36. The molecule has 0 saturated heterocycles. The summed E-state index contributed by atoms with van der Waals surface area (Å²) in [7, 11) is 1.70. The predicted molar refractivity (Wildman–Crippen MR) is 121 cm³/mol. The van der Waals surface area contributed by atoms with Gasteiger partial charge in [-0.3, -0.25) is 4.79 Å². The number of thiophene rings is 1. The molecule has 1 saturated carbocycles. The van der Waals surface area contributed by atoms with Crippen LogP contribution in [0.25, 0.3) is 0 Å². The topological polar surface area (TPSA) is 87.0 Å². The Morgan fingerprint density at radius 2 is 2.10 bits per heavy atom. The van der Waals surface area contributed by atoms with Crippen molar-refractivity contribution < 1.29 is 24.9 Å². The number of aliphatic hydroxyl groups is 3. The minimum absolute atomic E-state index is 0.0161. The van der Waals surface area contributed by atoms with E-state index in [1.54, 1.807) is 7.11 Å². The van der Waals surface area contributed by atoms with Crippen molar-refractivity contribution in [3.63, 3.8) is 0 Å². The van der Waals surface area contributed by atoms with Crippen molar-refractivity contribution in [3.8, 4) is 0 Å². The zero-order valence-corrected chi connectivity index (χ0v) is 18.9. The first-order valence-electron chi connectivity index (χ1n) is 10.8. The van der Waals surface area contributed by atoms with E-state index in [1.807, 2.05) is 35.6 Å². The molecule has 168 valence electrons. The van der Waals surface area contributed by atoms with E-state index >= 15 is 0 Å². The fourth-order valence-electron chi connectivity index (χ4n) is 4.02. The Labute approximate surface area is 184 Å². The quantitative estimate of drug-likeness (QED) is 0.325. The minimum atomic E-state index is -0.547. The lowest BCUT2D eigenvalue weighted by Gasteiger charge is -2.20. The van der Waals surface area contributed by atoms with E-state index in [4.69, 9.17) is 9.84 Å². The summed E-state index contributed by atoms with van der Waals surface area (Å²) >= 11 is 1.81. The first-order valence-corrected chi connectivity index (χ1v) is 11.7. The standard InChI is InChI=1S/C24H36O5S/c1-17-9-12-20(30-17)13-10-19(29-2)11-14-22-21(23(27)15-24(22)28)8-6-4-3-5-7-18(26)16-25/h4,6,9,11-12,14,19,21-25,27-28H,3,5,7-8,10,13,15-16H2,1-2H3/t19-,21+,22+,23-,24+/m0/s1. The summed E-state index contributed by atoms with van der Waals surface area (Å²) in [6.07, 6.45) is 11.8. The highest BCUT2D eigenvalue weighted by atomic mass is 32.1. The molecule has 0 aliphatic heterocycles. The van der Waals surface area contributed by atoms with Gasteiger partial charge in [-0.15, -0.1) is 11.3 Å². The summed E-state index contributed by atoms with van der Waals surface area (Å²) < 4.78 is 5.60. The van der Waals surface area contributed by atoms with Crippen LogP contribution in [-0.4, -0.2) is 53.1 Å². The second kappa shape index (κ2) is 13.2. The number of allylic oxidation sites excluding steroid dienone is 2. The summed E-state index contributed by atoms with van der Waals surface area (Å²) in [6, 6.07) is 4.30. The molecule has 2 rings (SSSR count). The second-order valence-electron chi connectivity index (χ2n) is 8.12. The molecule has 0 spiro atoms. The lowest BCUT2D eigenvalue weighted by atomic mass is 9.89. The average molecular weight is 437 g/mol. The van der Waals surface area contributed by atoms with Crippen LogP contribution in [0.1, 0.15) is 48.3 Å². The van der Waals surface area contributed by atoms with Gasteiger partial charge in [0.25, 0.3) is 0 Å². The van der Waals surface area contributed by atoms with Gasteiger partial charge in [-0.1, -0.05) is 24.3 Å². The highest BCUT2D eigenvalue weighted by molar-refractivity contribution is 7.11. The van der Waals surface area contributed by atoms with Gasteiger partial charge < -0.3 is 20.1 Å². The van der Waals surface area contributed by atoms with Gasteiger partial charge in [-0.25, -0.2) is 0 Å². The molecule has 1 aromatic heterocycles. The second-order valence-corrected chi connectivity index (χ2v) is 9.49. The van der Waals surface area contributed by atoms with E-state index in [0.29, 0.717) is 25.7 Å². The van der Waals surface area contributed by atoms with Crippen LogP contribution in [0.5, 0.6) is 0 Å². The van der Waals surface area contributed by atoms with Crippen LogP contribution in [0.2, 0.25) is 0 Å². The van der Waals surface area contributed by atoms with Crippen LogP contribution in [0, 0.1) is 18.8 Å². The molecule has 3 N–H and O–H groups in total. The van der Waals surface area contributed by atoms with Gasteiger partial charge in [-0.05, 0) is 57.1 Å². The normalized spacial score (nSPS) is 25.5. The molecule has 5 nitrogen and oxygen atoms in total. The molecule has 0 unspecified atom stereocenters. The Hall–Kier alpha value is -1.31. The zero-order chi connectivity index (χ0) is 21.9. The maximum Gasteiger partial charge on any atom is 0.158 e. The molecular formula is C24H36O5S. The zero-order valence-electron chi connectivity index (χ0n) is 18.1. The van der Waals surface area contributed by atoms with Crippen molar-refractivity contribution in [2.75, 3.05) is 13.7 Å². The highest BCUT2D eigenvalue weighted by Gasteiger charge is 2.39. The Morgan fingerprint density at radius 1 is 1.30 bits per heavy atom. The fourth-order valence-corrected chi connectivity index (χ4v) is 4.93. The van der Waals surface area contributed by atoms with Crippen molar-refractivity contribution >= 4 is 17.1 Å². The minimum Gasteiger partial charge on any atom is -0.393 e. The molecule has 6 heteroatoms.